The average molecular weight is 348 g/mol. The number of fused-ring (bicyclic) bond motifs is 1. The summed E-state index contributed by atoms with van der Waals surface area (Å²) in [6.45, 7) is 3.19. The van der Waals surface area contributed by atoms with Crippen LogP contribution in [0, 0.1) is 0 Å². The molecule has 4 nitrogen and oxygen atoms in total. The Bertz CT molecular complexity index is 873. The van der Waals surface area contributed by atoms with Gasteiger partial charge >= 0.3 is 0 Å². The average Bonchev–Trinajstić information content (AvgIpc) is 2.92. The zero-order valence-corrected chi connectivity index (χ0v) is 14.0. The van der Waals surface area contributed by atoms with Gasteiger partial charge in [0.1, 0.15) is 5.82 Å². The van der Waals surface area contributed by atoms with Crippen LogP contribution in [0.15, 0.2) is 42.5 Å². The van der Waals surface area contributed by atoms with Gasteiger partial charge in [0.25, 0.3) is 5.91 Å². The zero-order valence-electron chi connectivity index (χ0n) is 12.5. The molecule has 0 unspecified atom stereocenters. The van der Waals surface area contributed by atoms with Crippen LogP contribution in [-0.4, -0.2) is 15.5 Å². The number of carbonyl (C=O) groups is 1. The molecule has 0 saturated heterocycles. The highest BCUT2D eigenvalue weighted by Gasteiger charge is 2.12. The summed E-state index contributed by atoms with van der Waals surface area (Å²) in [6, 6.07) is 12.7. The van der Waals surface area contributed by atoms with Crippen LogP contribution in [-0.2, 0) is 13.1 Å². The number of nitrogens with one attached hydrogen (secondary N) is 1. The van der Waals surface area contributed by atoms with Crippen molar-refractivity contribution in [2.75, 3.05) is 0 Å². The molecule has 0 aliphatic heterocycles. The van der Waals surface area contributed by atoms with Crippen molar-refractivity contribution in [3.63, 3.8) is 0 Å². The van der Waals surface area contributed by atoms with Gasteiger partial charge < -0.3 is 9.88 Å². The first-order chi connectivity index (χ1) is 11.1. The Kier molecular flexibility index (Phi) is 4.55. The Balaban J connectivity index is 1.80. The van der Waals surface area contributed by atoms with Gasteiger partial charge in [-0.25, -0.2) is 4.98 Å². The van der Waals surface area contributed by atoms with E-state index in [9.17, 15) is 4.79 Å². The Hall–Kier alpha value is -2.04. The van der Waals surface area contributed by atoms with E-state index in [-0.39, 0.29) is 5.91 Å². The topological polar surface area (TPSA) is 46.9 Å². The van der Waals surface area contributed by atoms with Crippen molar-refractivity contribution in [1.29, 1.82) is 0 Å². The van der Waals surface area contributed by atoms with Crippen LogP contribution in [0.1, 0.15) is 23.1 Å². The van der Waals surface area contributed by atoms with Crippen LogP contribution in [0.3, 0.4) is 0 Å². The first kappa shape index (κ1) is 15.8. The minimum Gasteiger partial charge on any atom is -0.345 e. The van der Waals surface area contributed by atoms with Crippen molar-refractivity contribution < 1.29 is 4.79 Å². The van der Waals surface area contributed by atoms with Gasteiger partial charge in [-0.3, -0.25) is 4.79 Å². The molecule has 0 saturated carbocycles. The zero-order chi connectivity index (χ0) is 16.4. The standard InChI is InChI=1S/C17H15Cl2N3O/c1-2-22-15-6-4-3-5-14(15)21-16(22)10-20-17(23)11-7-8-12(18)13(19)9-11/h3-9H,2,10H2,1H3,(H,20,23). The maximum atomic E-state index is 12.2. The van der Waals surface area contributed by atoms with Gasteiger partial charge in [0.2, 0.25) is 0 Å². The summed E-state index contributed by atoms with van der Waals surface area (Å²) >= 11 is 11.8. The summed E-state index contributed by atoms with van der Waals surface area (Å²) in [4.78, 5) is 16.8. The molecule has 0 aliphatic rings. The predicted octanol–water partition coefficient (Wildman–Crippen LogP) is 4.29. The Morgan fingerprint density at radius 1 is 1.17 bits per heavy atom. The van der Waals surface area contributed by atoms with Gasteiger partial charge in [-0.15, -0.1) is 0 Å². The molecule has 6 heteroatoms. The highest BCUT2D eigenvalue weighted by molar-refractivity contribution is 6.42. The predicted molar refractivity (Wildman–Crippen MR) is 93.0 cm³/mol. The molecule has 3 aromatic rings. The number of nitrogens with zero attached hydrogens (tertiary/aromatic N) is 2. The molecule has 0 fully saturated rings. The maximum absolute atomic E-state index is 12.2. The number of hydrogen-bond acceptors (Lipinski definition) is 2. The Labute approximate surface area is 144 Å². The molecule has 0 atom stereocenters. The molecular formula is C17H15Cl2N3O. The van der Waals surface area contributed by atoms with E-state index in [0.717, 1.165) is 23.4 Å². The molecule has 118 valence electrons. The fraction of sp³-hybridized carbons (Fsp3) is 0.176. The summed E-state index contributed by atoms with van der Waals surface area (Å²) in [5.74, 6) is 0.611. The van der Waals surface area contributed by atoms with Crippen LogP contribution in [0.25, 0.3) is 11.0 Å². The van der Waals surface area contributed by atoms with Gasteiger partial charge in [-0.05, 0) is 37.3 Å². The van der Waals surface area contributed by atoms with Crippen molar-refractivity contribution >= 4 is 40.1 Å². The van der Waals surface area contributed by atoms with E-state index < -0.39 is 0 Å². The Morgan fingerprint density at radius 3 is 2.70 bits per heavy atom. The number of aromatic nitrogens is 2. The molecule has 1 amide bonds. The third-order valence-corrected chi connectivity index (χ3v) is 4.38. The highest BCUT2D eigenvalue weighted by Crippen LogP contribution is 2.22. The summed E-state index contributed by atoms with van der Waals surface area (Å²) in [6.07, 6.45) is 0. The van der Waals surface area contributed by atoms with Gasteiger partial charge in [0.15, 0.2) is 0 Å². The number of benzene rings is 2. The third-order valence-electron chi connectivity index (χ3n) is 3.64. The van der Waals surface area contributed by atoms with E-state index in [1.807, 2.05) is 24.3 Å². The molecule has 2 aromatic carbocycles. The molecule has 23 heavy (non-hydrogen) atoms. The monoisotopic (exact) mass is 347 g/mol. The molecule has 1 N–H and O–H groups in total. The largest absolute Gasteiger partial charge is 0.345 e. The number of halogens is 2. The van der Waals surface area contributed by atoms with E-state index in [0.29, 0.717) is 22.2 Å². The van der Waals surface area contributed by atoms with E-state index in [2.05, 4.69) is 21.8 Å². The molecule has 0 aliphatic carbocycles. The Morgan fingerprint density at radius 2 is 1.96 bits per heavy atom. The van der Waals surface area contributed by atoms with E-state index in [1.54, 1.807) is 18.2 Å². The lowest BCUT2D eigenvalue weighted by Crippen LogP contribution is -2.24. The number of aryl methyl sites for hydroxylation is 1. The van der Waals surface area contributed by atoms with Crippen molar-refractivity contribution in [3.8, 4) is 0 Å². The van der Waals surface area contributed by atoms with E-state index >= 15 is 0 Å². The van der Waals surface area contributed by atoms with Gasteiger partial charge in [-0.1, -0.05) is 35.3 Å². The second kappa shape index (κ2) is 6.60. The van der Waals surface area contributed by atoms with Gasteiger partial charge in [0, 0.05) is 12.1 Å². The number of imidazole rings is 1. The van der Waals surface area contributed by atoms with E-state index in [1.165, 1.54) is 0 Å². The van der Waals surface area contributed by atoms with Crippen LogP contribution < -0.4 is 5.32 Å². The normalized spacial score (nSPS) is 10.9. The van der Waals surface area contributed by atoms with Crippen LogP contribution in [0.4, 0.5) is 0 Å². The molecule has 0 radical (unpaired) electrons. The molecule has 0 bridgehead atoms. The second-order valence-corrected chi connectivity index (χ2v) is 5.89. The van der Waals surface area contributed by atoms with Crippen LogP contribution >= 0.6 is 23.2 Å². The summed E-state index contributed by atoms with van der Waals surface area (Å²) in [7, 11) is 0. The molecular weight excluding hydrogens is 333 g/mol. The number of hydrogen-bond donors (Lipinski definition) is 1. The first-order valence-electron chi connectivity index (χ1n) is 7.27. The second-order valence-electron chi connectivity index (χ2n) is 5.07. The number of amides is 1. The molecule has 1 heterocycles. The smallest absolute Gasteiger partial charge is 0.251 e. The minimum absolute atomic E-state index is 0.210. The summed E-state index contributed by atoms with van der Waals surface area (Å²) < 4.78 is 2.09. The maximum Gasteiger partial charge on any atom is 0.251 e. The first-order valence-corrected chi connectivity index (χ1v) is 8.03. The highest BCUT2D eigenvalue weighted by atomic mass is 35.5. The summed E-state index contributed by atoms with van der Waals surface area (Å²) in [5.41, 5.74) is 2.46. The third kappa shape index (κ3) is 3.19. The fourth-order valence-corrected chi connectivity index (χ4v) is 2.81. The lowest BCUT2D eigenvalue weighted by molar-refractivity contribution is 0.0949. The SMILES string of the molecule is CCn1c(CNC(=O)c2ccc(Cl)c(Cl)c2)nc2ccccc21. The van der Waals surface area contributed by atoms with Crippen LogP contribution in [0.5, 0.6) is 0 Å². The fourth-order valence-electron chi connectivity index (χ4n) is 2.51. The molecule has 1 aromatic heterocycles. The van der Waals surface area contributed by atoms with Crippen LogP contribution in [0.2, 0.25) is 10.0 Å². The molecule has 3 rings (SSSR count). The minimum atomic E-state index is -0.210. The van der Waals surface area contributed by atoms with Crippen molar-refractivity contribution in [1.82, 2.24) is 14.9 Å². The van der Waals surface area contributed by atoms with E-state index in [4.69, 9.17) is 23.2 Å². The van der Waals surface area contributed by atoms with Crippen molar-refractivity contribution in [2.45, 2.75) is 20.0 Å². The lowest BCUT2D eigenvalue weighted by Gasteiger charge is -2.08. The van der Waals surface area contributed by atoms with Gasteiger partial charge in [-0.2, -0.15) is 0 Å². The van der Waals surface area contributed by atoms with Crippen molar-refractivity contribution in [2.24, 2.45) is 0 Å². The van der Waals surface area contributed by atoms with Gasteiger partial charge in [0.05, 0.1) is 27.6 Å². The number of rotatable bonds is 4. The summed E-state index contributed by atoms with van der Waals surface area (Å²) in [5, 5.41) is 3.66. The number of para-hydroxylation sites is 2. The quantitative estimate of drug-likeness (QED) is 0.764. The number of carbonyl (C=O) groups excluding carboxylic acids is 1. The van der Waals surface area contributed by atoms with Crippen molar-refractivity contribution in [3.05, 3.63) is 63.9 Å². The molecule has 0 spiro atoms. The lowest BCUT2D eigenvalue weighted by atomic mass is 10.2.